The smallest absolute Gasteiger partial charge is 0.216 e. The van der Waals surface area contributed by atoms with Gasteiger partial charge in [-0.25, -0.2) is 4.57 Å². The number of benzene rings is 1. The molecule has 2 aliphatic carbocycles. The molecule has 1 aromatic carbocycles. The minimum absolute atomic E-state index is 0.172. The van der Waals surface area contributed by atoms with Gasteiger partial charge in [0.05, 0.1) is 19.6 Å². The van der Waals surface area contributed by atoms with Gasteiger partial charge in [0.15, 0.2) is 24.3 Å². The van der Waals surface area contributed by atoms with Crippen LogP contribution in [0.1, 0.15) is 130 Å². The van der Waals surface area contributed by atoms with Gasteiger partial charge in [0.2, 0.25) is 11.4 Å². The van der Waals surface area contributed by atoms with Gasteiger partial charge in [-0.05, 0) is 84.4 Å². The highest BCUT2D eigenvalue weighted by Crippen LogP contribution is 2.43. The minimum atomic E-state index is -1.63. The second kappa shape index (κ2) is 16.2. The van der Waals surface area contributed by atoms with E-state index in [9.17, 15) is 0 Å². The van der Waals surface area contributed by atoms with Crippen molar-refractivity contribution in [3.8, 4) is 11.3 Å². The largest absolute Gasteiger partial charge is 0.442 e. The lowest BCUT2D eigenvalue weighted by molar-refractivity contribution is -0.706. The van der Waals surface area contributed by atoms with Crippen molar-refractivity contribution in [3.05, 3.63) is 120 Å². The third-order valence-electron chi connectivity index (χ3n) is 13.2. The molecule has 4 heterocycles. The van der Waals surface area contributed by atoms with Gasteiger partial charge in [-0.15, -0.1) is 0 Å². The Morgan fingerprint density at radius 1 is 0.889 bits per heavy atom. The van der Waals surface area contributed by atoms with Crippen LogP contribution in [0, 0.1) is 11.8 Å². The molecule has 54 heavy (non-hydrogen) atoms. The number of ether oxygens (including phenoxy) is 1. The number of rotatable bonds is 11. The Morgan fingerprint density at radius 3 is 2.20 bits per heavy atom. The molecule has 0 radical (unpaired) electrons. The Balaban J connectivity index is 1.28. The van der Waals surface area contributed by atoms with Crippen LogP contribution in [0.5, 0.6) is 0 Å². The number of hydrogen-bond donors (Lipinski definition) is 1. The Morgan fingerprint density at radius 2 is 1.54 bits per heavy atom. The summed E-state index contributed by atoms with van der Waals surface area (Å²) in [4.78, 5) is 0. The van der Waals surface area contributed by atoms with Crippen LogP contribution in [0.2, 0.25) is 19.6 Å². The summed E-state index contributed by atoms with van der Waals surface area (Å²) in [5.41, 5.74) is 12.4. The third-order valence-corrected chi connectivity index (χ3v) is 15.3. The molecule has 2 aromatic heterocycles. The number of aryl methyl sites for hydroxylation is 1. The van der Waals surface area contributed by atoms with E-state index in [1.807, 2.05) is 0 Å². The molecule has 1 N–H and O–H groups in total. The Labute approximate surface area is 328 Å². The van der Waals surface area contributed by atoms with E-state index >= 15 is 0 Å². The van der Waals surface area contributed by atoms with Gasteiger partial charge in [0.25, 0.3) is 0 Å². The van der Waals surface area contributed by atoms with E-state index in [-0.39, 0.29) is 6.04 Å². The van der Waals surface area contributed by atoms with E-state index in [2.05, 4.69) is 130 Å². The van der Waals surface area contributed by atoms with E-state index in [0.29, 0.717) is 30.0 Å². The fourth-order valence-corrected chi connectivity index (χ4v) is 12.1. The maximum Gasteiger partial charge on any atom is 0.216 e. The van der Waals surface area contributed by atoms with Crippen molar-refractivity contribution >= 4 is 18.8 Å². The summed E-state index contributed by atoms with van der Waals surface area (Å²) in [7, 11) is 0.569. The molecule has 2 saturated carbocycles. The lowest BCUT2D eigenvalue weighted by Crippen LogP contribution is -2.53. The first-order valence-electron chi connectivity index (χ1n) is 21.3. The van der Waals surface area contributed by atoms with E-state index in [1.54, 1.807) is 10.8 Å². The molecule has 4 nitrogen and oxygen atoms in total. The number of allylic oxidation sites excluding steroid dienone is 2. The molecule has 2 aliphatic heterocycles. The fraction of sp³-hybridized carbons (Fsp3) is 0.510. The van der Waals surface area contributed by atoms with Crippen molar-refractivity contribution in [1.82, 2.24) is 5.32 Å². The molecule has 7 rings (SSSR count). The van der Waals surface area contributed by atoms with Crippen LogP contribution in [0.15, 0.2) is 91.8 Å². The molecule has 5 heteroatoms. The maximum atomic E-state index is 6.27. The van der Waals surface area contributed by atoms with Gasteiger partial charge >= 0.3 is 0 Å². The van der Waals surface area contributed by atoms with Gasteiger partial charge in [-0.3, -0.25) is 0 Å². The zero-order valence-corrected chi connectivity index (χ0v) is 35.4. The summed E-state index contributed by atoms with van der Waals surface area (Å²) in [6.45, 7) is 26.2. The summed E-state index contributed by atoms with van der Waals surface area (Å²) in [5.74, 6) is 3.61. The number of nitrogens with one attached hydrogen (secondary N) is 1. The van der Waals surface area contributed by atoms with Crippen molar-refractivity contribution in [2.75, 3.05) is 6.54 Å². The molecular weight excluding hydrogens is 675 g/mol. The Bertz CT molecular complexity index is 1930. The van der Waals surface area contributed by atoms with Crippen LogP contribution in [0.4, 0.5) is 0 Å². The van der Waals surface area contributed by atoms with Gasteiger partial charge in [0.1, 0.15) is 12.8 Å². The topological polar surface area (TPSA) is 29.0 Å². The predicted molar refractivity (Wildman–Crippen MR) is 228 cm³/mol. The van der Waals surface area contributed by atoms with E-state index in [4.69, 9.17) is 4.74 Å². The number of nitrogens with zero attached hydrogens (tertiary/aromatic N) is 2. The molecule has 0 amide bonds. The zero-order valence-electron chi connectivity index (χ0n) is 34.4. The molecule has 0 saturated heterocycles. The van der Waals surface area contributed by atoms with Crippen LogP contribution in [-0.2, 0) is 24.6 Å². The third kappa shape index (κ3) is 7.99. The van der Waals surface area contributed by atoms with Crippen LogP contribution in [-0.4, -0.2) is 14.6 Å². The van der Waals surface area contributed by atoms with Crippen LogP contribution < -0.4 is 19.6 Å². The lowest BCUT2D eigenvalue weighted by atomic mass is 9.78. The summed E-state index contributed by atoms with van der Waals surface area (Å²) >= 11 is 0. The zero-order chi connectivity index (χ0) is 38.1. The molecule has 2 fully saturated rings. The molecule has 4 aliphatic rings. The Kier molecular flexibility index (Phi) is 11.6. The van der Waals surface area contributed by atoms with Gasteiger partial charge < -0.3 is 10.1 Å². The van der Waals surface area contributed by atoms with E-state index in [1.165, 1.54) is 103 Å². The van der Waals surface area contributed by atoms with E-state index in [0.717, 1.165) is 36.7 Å². The standard InChI is InChI=1S/C49H67N3OSi/c1-10-45-43(41-22-16-17-23-42(41)46-29-40(27-37-18-12-11-13-19-37)48(32-52(45)46)54(7,8)9)25-24-38-30-50-35(5)53-34(4)49(38)47-28-39(26-36-20-14-15-21-36)44(33(2)3)31-51(47)6/h10,16-17,22-23,28-29,31-33,36-37,43,45,50H,1,4-5,11-15,18-21,24-27,30H2,2-3,6-9H3/q+2. The highest BCUT2D eigenvalue weighted by molar-refractivity contribution is 6.89. The average Bonchev–Trinajstić information content (AvgIpc) is 3.61. The lowest BCUT2D eigenvalue weighted by Gasteiger charge is -2.32. The number of pyridine rings is 2. The first-order valence-corrected chi connectivity index (χ1v) is 24.8. The molecule has 3 aromatic rings. The summed E-state index contributed by atoms with van der Waals surface area (Å²) in [6.07, 6.45) is 23.8. The van der Waals surface area contributed by atoms with Crippen LogP contribution in [0.3, 0.4) is 0 Å². The predicted octanol–water partition coefficient (Wildman–Crippen LogP) is 10.7. The quantitative estimate of drug-likeness (QED) is 0.120. The Hall–Kier alpha value is -3.70. The minimum Gasteiger partial charge on any atom is -0.442 e. The van der Waals surface area contributed by atoms with Crippen molar-refractivity contribution in [2.24, 2.45) is 18.9 Å². The number of fused-ring (bicyclic) bond motifs is 3. The summed E-state index contributed by atoms with van der Waals surface area (Å²) < 4.78 is 11.2. The van der Waals surface area contributed by atoms with Gasteiger partial charge in [-0.1, -0.05) is 123 Å². The molecule has 2 unspecified atom stereocenters. The summed E-state index contributed by atoms with van der Waals surface area (Å²) in [5, 5.41) is 5.12. The first-order chi connectivity index (χ1) is 25.9. The van der Waals surface area contributed by atoms with Crippen molar-refractivity contribution in [1.29, 1.82) is 0 Å². The van der Waals surface area contributed by atoms with Crippen molar-refractivity contribution < 1.29 is 13.9 Å². The maximum absolute atomic E-state index is 6.27. The van der Waals surface area contributed by atoms with E-state index < -0.39 is 8.07 Å². The second-order valence-electron chi connectivity index (χ2n) is 18.5. The highest BCUT2D eigenvalue weighted by Gasteiger charge is 2.41. The fourth-order valence-electron chi connectivity index (χ4n) is 10.4. The molecule has 0 bridgehead atoms. The van der Waals surface area contributed by atoms with Crippen molar-refractivity contribution in [3.63, 3.8) is 0 Å². The number of aromatic nitrogens is 2. The molecule has 286 valence electrons. The van der Waals surface area contributed by atoms with Crippen LogP contribution >= 0.6 is 0 Å². The first kappa shape index (κ1) is 38.6. The highest BCUT2D eigenvalue weighted by atomic mass is 28.3. The normalized spacial score (nSPS) is 21.1. The monoisotopic (exact) mass is 742 g/mol. The molecule has 2 atom stereocenters. The van der Waals surface area contributed by atoms with Gasteiger partial charge in [0, 0.05) is 35.0 Å². The molecular formula is C49H67N3OSi+2. The number of hydrogen-bond acceptors (Lipinski definition) is 2. The summed E-state index contributed by atoms with van der Waals surface area (Å²) in [6, 6.07) is 14.5. The van der Waals surface area contributed by atoms with Crippen molar-refractivity contribution in [2.45, 2.75) is 135 Å². The van der Waals surface area contributed by atoms with Crippen LogP contribution in [0.25, 0.3) is 16.8 Å². The second-order valence-corrected chi connectivity index (χ2v) is 23.5. The SMILES string of the molecule is C=CC1C(CCC2=C(c3cc(CC4CCCC4)c(C(C)C)c[n+]3C)C(=C)OC(=C)NC2)c2ccccc2-c2cc(CC3CCCCC3)c([Si](C)(C)C)c[n+]21. The average molecular weight is 742 g/mol. The molecule has 0 spiro atoms. The van der Waals surface area contributed by atoms with Gasteiger partial charge in [-0.2, -0.15) is 4.57 Å².